The zero-order valence-electron chi connectivity index (χ0n) is 10.6. The van der Waals surface area contributed by atoms with Gasteiger partial charge in [0, 0.05) is 41.5 Å². The van der Waals surface area contributed by atoms with Gasteiger partial charge in [-0.25, -0.2) is 4.98 Å². The summed E-state index contributed by atoms with van der Waals surface area (Å²) in [7, 11) is 0.895. The van der Waals surface area contributed by atoms with E-state index in [0.29, 0.717) is 18.5 Å². The van der Waals surface area contributed by atoms with E-state index in [4.69, 9.17) is 4.74 Å². The van der Waals surface area contributed by atoms with Crippen LogP contribution in [0.5, 0.6) is 5.88 Å². The van der Waals surface area contributed by atoms with E-state index < -0.39 is 10.8 Å². The first kappa shape index (κ1) is 14.1. The van der Waals surface area contributed by atoms with Crippen LogP contribution in [0.25, 0.3) is 0 Å². The van der Waals surface area contributed by atoms with E-state index in [1.54, 1.807) is 13.4 Å². The second-order valence-electron chi connectivity index (χ2n) is 4.02. The lowest BCUT2D eigenvalue weighted by Crippen LogP contribution is -2.27. The number of aromatic nitrogens is 1. The molecule has 4 nitrogen and oxygen atoms in total. The lowest BCUT2D eigenvalue weighted by molar-refractivity contribution is 0.395. The van der Waals surface area contributed by atoms with Crippen LogP contribution in [0.2, 0.25) is 0 Å². The molecule has 0 aliphatic rings. The third-order valence-electron chi connectivity index (χ3n) is 2.46. The Bertz CT molecular complexity index is 371. The molecule has 0 amide bonds. The van der Waals surface area contributed by atoms with Crippen LogP contribution in [0.3, 0.4) is 0 Å². The van der Waals surface area contributed by atoms with Crippen molar-refractivity contribution in [3.05, 3.63) is 23.9 Å². The molecule has 1 heterocycles. The summed E-state index contributed by atoms with van der Waals surface area (Å²) in [6.45, 7) is 2.79. The van der Waals surface area contributed by atoms with Crippen LogP contribution in [-0.4, -0.2) is 34.4 Å². The molecule has 2 atom stereocenters. The molecule has 5 heteroatoms. The smallest absolute Gasteiger partial charge is 0.213 e. The average molecular weight is 256 g/mol. The van der Waals surface area contributed by atoms with Gasteiger partial charge >= 0.3 is 0 Å². The van der Waals surface area contributed by atoms with Crippen molar-refractivity contribution >= 4 is 10.8 Å². The number of pyridine rings is 1. The maximum Gasteiger partial charge on any atom is 0.213 e. The summed E-state index contributed by atoms with van der Waals surface area (Å²) in [6, 6.07) is 6.05. The van der Waals surface area contributed by atoms with Crippen LogP contribution in [0.1, 0.15) is 19.0 Å². The standard InChI is InChI=1S/C12H20N2O2S/c1-10(7-8-17(3)15)13-9-11-5-4-6-12(14-11)16-2/h4-6,10,13H,7-9H2,1-3H3. The Morgan fingerprint density at radius 2 is 2.29 bits per heavy atom. The van der Waals surface area contributed by atoms with Crippen LogP contribution in [0.15, 0.2) is 18.2 Å². The summed E-state index contributed by atoms with van der Waals surface area (Å²) in [6.07, 6.45) is 2.64. The van der Waals surface area contributed by atoms with Crippen molar-refractivity contribution in [1.82, 2.24) is 10.3 Å². The summed E-state index contributed by atoms with van der Waals surface area (Å²) in [4.78, 5) is 4.31. The lowest BCUT2D eigenvalue weighted by Gasteiger charge is -2.12. The van der Waals surface area contributed by atoms with Gasteiger partial charge in [-0.3, -0.25) is 4.21 Å². The molecular weight excluding hydrogens is 236 g/mol. The maximum absolute atomic E-state index is 11.0. The maximum atomic E-state index is 11.0. The Morgan fingerprint density at radius 3 is 2.94 bits per heavy atom. The van der Waals surface area contributed by atoms with Crippen molar-refractivity contribution < 1.29 is 8.95 Å². The Balaban J connectivity index is 2.36. The number of nitrogens with one attached hydrogen (secondary N) is 1. The van der Waals surface area contributed by atoms with Gasteiger partial charge in [-0.15, -0.1) is 0 Å². The molecule has 2 unspecified atom stereocenters. The van der Waals surface area contributed by atoms with E-state index in [1.165, 1.54) is 0 Å². The van der Waals surface area contributed by atoms with Crippen LogP contribution >= 0.6 is 0 Å². The van der Waals surface area contributed by atoms with Gasteiger partial charge in [0.05, 0.1) is 12.8 Å². The summed E-state index contributed by atoms with van der Waals surface area (Å²) in [5, 5.41) is 3.35. The van der Waals surface area contributed by atoms with E-state index in [-0.39, 0.29) is 0 Å². The fourth-order valence-electron chi connectivity index (χ4n) is 1.39. The molecule has 0 aliphatic carbocycles. The van der Waals surface area contributed by atoms with Crippen molar-refractivity contribution in [2.45, 2.75) is 25.9 Å². The van der Waals surface area contributed by atoms with Gasteiger partial charge in [0.2, 0.25) is 5.88 Å². The molecule has 0 fully saturated rings. The molecule has 0 aliphatic heterocycles. The van der Waals surface area contributed by atoms with E-state index in [0.717, 1.165) is 17.9 Å². The van der Waals surface area contributed by atoms with Gasteiger partial charge in [-0.1, -0.05) is 6.07 Å². The first-order valence-corrected chi connectivity index (χ1v) is 7.38. The van der Waals surface area contributed by atoms with Crippen molar-refractivity contribution in [3.8, 4) is 5.88 Å². The minimum Gasteiger partial charge on any atom is -0.481 e. The highest BCUT2D eigenvalue weighted by molar-refractivity contribution is 7.84. The predicted molar refractivity (Wildman–Crippen MR) is 70.6 cm³/mol. The van der Waals surface area contributed by atoms with E-state index in [1.807, 2.05) is 18.2 Å². The Morgan fingerprint density at radius 1 is 1.53 bits per heavy atom. The normalized spacial score (nSPS) is 14.3. The Hall–Kier alpha value is -0.940. The molecule has 1 N–H and O–H groups in total. The highest BCUT2D eigenvalue weighted by atomic mass is 32.2. The lowest BCUT2D eigenvalue weighted by atomic mass is 10.2. The molecule has 0 saturated carbocycles. The molecule has 1 rings (SSSR count). The molecule has 17 heavy (non-hydrogen) atoms. The Labute approximate surface area is 105 Å². The number of ether oxygens (including phenoxy) is 1. The number of rotatable bonds is 7. The fraction of sp³-hybridized carbons (Fsp3) is 0.583. The van der Waals surface area contributed by atoms with Gasteiger partial charge in [-0.2, -0.15) is 0 Å². The molecule has 96 valence electrons. The predicted octanol–water partition coefficient (Wildman–Crippen LogP) is 1.34. The number of hydrogen-bond acceptors (Lipinski definition) is 4. The van der Waals surface area contributed by atoms with E-state index in [9.17, 15) is 4.21 Å². The molecule has 0 spiro atoms. The average Bonchev–Trinajstić information content (AvgIpc) is 2.34. The summed E-state index contributed by atoms with van der Waals surface area (Å²) in [5.41, 5.74) is 0.953. The largest absolute Gasteiger partial charge is 0.481 e. The van der Waals surface area contributed by atoms with Crippen molar-refractivity contribution in [2.24, 2.45) is 0 Å². The van der Waals surface area contributed by atoms with Gasteiger partial charge in [0.1, 0.15) is 0 Å². The number of nitrogens with zero attached hydrogens (tertiary/aromatic N) is 1. The minimum absolute atomic E-state index is 0.340. The fourth-order valence-corrected chi connectivity index (χ4v) is 2.08. The van der Waals surface area contributed by atoms with Crippen LogP contribution in [0.4, 0.5) is 0 Å². The molecule has 0 radical (unpaired) electrons. The quantitative estimate of drug-likeness (QED) is 0.800. The first-order chi connectivity index (χ1) is 8.11. The molecule has 1 aromatic heterocycles. The van der Waals surface area contributed by atoms with Crippen LogP contribution < -0.4 is 10.1 Å². The van der Waals surface area contributed by atoms with Gasteiger partial charge < -0.3 is 10.1 Å². The van der Waals surface area contributed by atoms with E-state index >= 15 is 0 Å². The van der Waals surface area contributed by atoms with Crippen LogP contribution in [0, 0.1) is 0 Å². The Kier molecular flexibility index (Phi) is 6.15. The number of hydrogen-bond donors (Lipinski definition) is 1. The highest BCUT2D eigenvalue weighted by Gasteiger charge is 2.04. The van der Waals surface area contributed by atoms with Crippen molar-refractivity contribution in [3.63, 3.8) is 0 Å². The van der Waals surface area contributed by atoms with Crippen molar-refractivity contribution in [1.29, 1.82) is 0 Å². The summed E-state index contributed by atoms with van der Waals surface area (Å²) in [5.74, 6) is 1.37. The second-order valence-corrected chi connectivity index (χ2v) is 5.57. The zero-order valence-corrected chi connectivity index (χ0v) is 11.4. The third-order valence-corrected chi connectivity index (χ3v) is 3.27. The monoisotopic (exact) mass is 256 g/mol. The third kappa shape index (κ3) is 5.79. The minimum atomic E-state index is -0.715. The summed E-state index contributed by atoms with van der Waals surface area (Å²) < 4.78 is 16.0. The highest BCUT2D eigenvalue weighted by Crippen LogP contribution is 2.06. The molecule has 0 saturated heterocycles. The molecular formula is C12H20N2O2S. The van der Waals surface area contributed by atoms with Gasteiger partial charge in [0.15, 0.2) is 0 Å². The van der Waals surface area contributed by atoms with Gasteiger partial charge in [0.25, 0.3) is 0 Å². The van der Waals surface area contributed by atoms with Gasteiger partial charge in [-0.05, 0) is 19.4 Å². The first-order valence-electron chi connectivity index (χ1n) is 5.65. The SMILES string of the molecule is COc1cccc(CNC(C)CCS(C)=O)n1. The van der Waals surface area contributed by atoms with Crippen molar-refractivity contribution in [2.75, 3.05) is 19.1 Å². The van der Waals surface area contributed by atoms with Crippen LogP contribution in [-0.2, 0) is 17.3 Å². The number of methoxy groups -OCH3 is 1. The zero-order chi connectivity index (χ0) is 12.7. The second kappa shape index (κ2) is 7.40. The molecule has 0 aromatic carbocycles. The summed E-state index contributed by atoms with van der Waals surface area (Å²) >= 11 is 0. The molecule has 0 bridgehead atoms. The topological polar surface area (TPSA) is 51.2 Å². The van der Waals surface area contributed by atoms with E-state index in [2.05, 4.69) is 17.2 Å². The molecule has 1 aromatic rings.